The number of carboxylic acid groups (broad SMARTS) is 1. The molecule has 0 aliphatic carbocycles. The van der Waals surface area contributed by atoms with Crippen molar-refractivity contribution in [1.29, 1.82) is 0 Å². The van der Waals surface area contributed by atoms with E-state index in [9.17, 15) is 9.59 Å². The Morgan fingerprint density at radius 1 is 1.50 bits per heavy atom. The number of nitrogens with zero attached hydrogens (tertiary/aromatic N) is 3. The van der Waals surface area contributed by atoms with Crippen molar-refractivity contribution in [2.75, 3.05) is 25.5 Å². The van der Waals surface area contributed by atoms with E-state index in [0.29, 0.717) is 24.7 Å². The highest BCUT2D eigenvalue weighted by Crippen LogP contribution is 2.20. The maximum absolute atomic E-state index is 11.9. The minimum absolute atomic E-state index is 0.0196. The highest BCUT2D eigenvalue weighted by Gasteiger charge is 2.32. The zero-order valence-electron chi connectivity index (χ0n) is 11.3. The van der Waals surface area contributed by atoms with Gasteiger partial charge in [-0.25, -0.2) is 9.78 Å². The average Bonchev–Trinajstić information content (AvgIpc) is 2.31. The van der Waals surface area contributed by atoms with Crippen molar-refractivity contribution < 1.29 is 19.4 Å². The number of ether oxygens (including phenoxy) is 1. The number of aryl methyl sites for hydroxylation is 1. The number of carboxylic acids is 1. The third-order valence-electron chi connectivity index (χ3n) is 2.97. The van der Waals surface area contributed by atoms with E-state index < -0.39 is 5.97 Å². The summed E-state index contributed by atoms with van der Waals surface area (Å²) in [6.45, 7) is 2.63. The molecule has 0 spiro atoms. The van der Waals surface area contributed by atoms with Crippen LogP contribution < -0.4 is 10.1 Å². The maximum atomic E-state index is 11.9. The summed E-state index contributed by atoms with van der Waals surface area (Å²) in [6.07, 6.45) is 0.0819. The third-order valence-corrected chi connectivity index (χ3v) is 2.97. The van der Waals surface area contributed by atoms with Crippen molar-refractivity contribution in [1.82, 2.24) is 14.9 Å². The SMILES string of the molecule is COc1cc(C)nc(NC(=O)N2CC(CC(=O)O)C2)n1. The fourth-order valence-electron chi connectivity index (χ4n) is 1.99. The van der Waals surface area contributed by atoms with Crippen LogP contribution >= 0.6 is 0 Å². The number of amides is 2. The van der Waals surface area contributed by atoms with Crippen LogP contribution in [-0.2, 0) is 4.79 Å². The number of anilines is 1. The number of nitrogens with one attached hydrogen (secondary N) is 1. The van der Waals surface area contributed by atoms with E-state index in [1.54, 1.807) is 13.0 Å². The molecule has 0 radical (unpaired) electrons. The van der Waals surface area contributed by atoms with Gasteiger partial charge in [-0.15, -0.1) is 0 Å². The molecule has 0 aromatic carbocycles. The van der Waals surface area contributed by atoms with Gasteiger partial charge in [-0.1, -0.05) is 0 Å². The van der Waals surface area contributed by atoms with Gasteiger partial charge in [-0.3, -0.25) is 10.1 Å². The fourth-order valence-corrected chi connectivity index (χ4v) is 1.99. The molecule has 1 aliphatic rings. The normalized spacial score (nSPS) is 14.6. The van der Waals surface area contributed by atoms with E-state index in [1.807, 2.05) is 0 Å². The van der Waals surface area contributed by atoms with Gasteiger partial charge < -0.3 is 14.7 Å². The summed E-state index contributed by atoms with van der Waals surface area (Å²) in [6, 6.07) is 1.32. The lowest BCUT2D eigenvalue weighted by Gasteiger charge is -2.38. The second kappa shape index (κ2) is 5.72. The second-order valence-corrected chi connectivity index (χ2v) is 4.67. The van der Waals surface area contributed by atoms with Crippen LogP contribution in [0, 0.1) is 12.8 Å². The average molecular weight is 280 g/mol. The Kier molecular flexibility index (Phi) is 4.02. The lowest BCUT2D eigenvalue weighted by atomic mass is 9.97. The minimum Gasteiger partial charge on any atom is -0.481 e. The molecule has 2 N–H and O–H groups in total. The summed E-state index contributed by atoms with van der Waals surface area (Å²) in [5.74, 6) is -0.276. The van der Waals surface area contributed by atoms with Crippen molar-refractivity contribution in [3.8, 4) is 5.88 Å². The molecule has 0 unspecified atom stereocenters. The van der Waals surface area contributed by atoms with Crippen molar-refractivity contribution in [3.05, 3.63) is 11.8 Å². The topological polar surface area (TPSA) is 105 Å². The molecule has 0 saturated carbocycles. The van der Waals surface area contributed by atoms with Crippen LogP contribution in [0.15, 0.2) is 6.07 Å². The molecule has 2 rings (SSSR count). The Hall–Kier alpha value is -2.38. The van der Waals surface area contributed by atoms with Crippen molar-refractivity contribution in [3.63, 3.8) is 0 Å². The lowest BCUT2D eigenvalue weighted by molar-refractivity contribution is -0.139. The van der Waals surface area contributed by atoms with Crippen LogP contribution in [0.2, 0.25) is 0 Å². The quantitative estimate of drug-likeness (QED) is 0.842. The predicted octanol–water partition coefficient (Wildman–Crippen LogP) is 0.732. The zero-order chi connectivity index (χ0) is 14.7. The Morgan fingerprint density at radius 2 is 2.20 bits per heavy atom. The summed E-state index contributed by atoms with van der Waals surface area (Å²) in [5, 5.41) is 11.2. The largest absolute Gasteiger partial charge is 0.481 e. The van der Waals surface area contributed by atoms with Crippen LogP contribution in [0.1, 0.15) is 12.1 Å². The number of carbonyl (C=O) groups excluding carboxylic acids is 1. The Balaban J connectivity index is 1.90. The molecular weight excluding hydrogens is 264 g/mol. The molecule has 0 bridgehead atoms. The summed E-state index contributed by atoms with van der Waals surface area (Å²) in [5.41, 5.74) is 0.680. The number of likely N-dealkylation sites (tertiary alicyclic amines) is 1. The molecule has 2 heterocycles. The first-order valence-corrected chi connectivity index (χ1v) is 6.15. The number of urea groups is 1. The molecule has 20 heavy (non-hydrogen) atoms. The number of hydrogen-bond donors (Lipinski definition) is 2. The molecule has 8 heteroatoms. The van der Waals surface area contributed by atoms with E-state index in [4.69, 9.17) is 9.84 Å². The first kappa shape index (κ1) is 14.0. The molecule has 1 aromatic heterocycles. The Morgan fingerprint density at radius 3 is 2.80 bits per heavy atom. The first-order valence-electron chi connectivity index (χ1n) is 6.15. The van der Waals surface area contributed by atoms with Crippen LogP contribution in [-0.4, -0.2) is 52.2 Å². The molecule has 8 nitrogen and oxygen atoms in total. The molecule has 108 valence electrons. The molecule has 2 amide bonds. The second-order valence-electron chi connectivity index (χ2n) is 4.67. The standard InChI is InChI=1S/C12H16N4O4/c1-7-3-9(20-2)14-11(13-7)15-12(19)16-5-8(6-16)4-10(17)18/h3,8H,4-6H2,1-2H3,(H,17,18)(H,13,14,15,19). The van der Waals surface area contributed by atoms with Gasteiger partial charge in [-0.05, 0) is 6.92 Å². The third kappa shape index (κ3) is 3.34. The minimum atomic E-state index is -0.846. The van der Waals surface area contributed by atoms with Crippen LogP contribution in [0.25, 0.3) is 0 Å². The van der Waals surface area contributed by atoms with Gasteiger partial charge in [0.1, 0.15) is 0 Å². The molecule has 1 aliphatic heterocycles. The number of aromatic nitrogens is 2. The van der Waals surface area contributed by atoms with Gasteiger partial charge in [0.25, 0.3) is 0 Å². The highest BCUT2D eigenvalue weighted by atomic mass is 16.5. The Labute approximate surface area is 115 Å². The number of methoxy groups -OCH3 is 1. The van der Waals surface area contributed by atoms with Gasteiger partial charge in [0, 0.05) is 30.8 Å². The van der Waals surface area contributed by atoms with Crippen molar-refractivity contribution >= 4 is 17.9 Å². The van der Waals surface area contributed by atoms with Gasteiger partial charge in [0.2, 0.25) is 11.8 Å². The smallest absolute Gasteiger partial charge is 0.324 e. The number of hydrogen-bond acceptors (Lipinski definition) is 5. The summed E-state index contributed by atoms with van der Waals surface area (Å²) in [4.78, 5) is 32.0. The van der Waals surface area contributed by atoms with Gasteiger partial charge in [0.15, 0.2) is 0 Å². The first-order chi connectivity index (χ1) is 9.47. The van der Waals surface area contributed by atoms with E-state index in [1.165, 1.54) is 12.0 Å². The summed E-state index contributed by atoms with van der Waals surface area (Å²) < 4.78 is 5.00. The molecule has 1 aromatic rings. The van der Waals surface area contributed by atoms with Gasteiger partial charge in [0.05, 0.1) is 13.5 Å². The van der Waals surface area contributed by atoms with Crippen molar-refractivity contribution in [2.24, 2.45) is 5.92 Å². The van der Waals surface area contributed by atoms with Gasteiger partial charge >= 0.3 is 12.0 Å². The van der Waals surface area contributed by atoms with E-state index in [-0.39, 0.29) is 24.3 Å². The highest BCUT2D eigenvalue weighted by molar-refractivity contribution is 5.88. The van der Waals surface area contributed by atoms with E-state index in [0.717, 1.165) is 0 Å². The molecular formula is C12H16N4O4. The summed E-state index contributed by atoms with van der Waals surface area (Å²) >= 11 is 0. The van der Waals surface area contributed by atoms with E-state index in [2.05, 4.69) is 15.3 Å². The molecule has 1 fully saturated rings. The fraction of sp³-hybridized carbons (Fsp3) is 0.500. The zero-order valence-corrected chi connectivity index (χ0v) is 11.3. The van der Waals surface area contributed by atoms with E-state index >= 15 is 0 Å². The van der Waals surface area contributed by atoms with Gasteiger partial charge in [-0.2, -0.15) is 4.98 Å². The number of aliphatic carboxylic acids is 1. The summed E-state index contributed by atoms with van der Waals surface area (Å²) in [7, 11) is 1.49. The predicted molar refractivity (Wildman–Crippen MR) is 69.7 cm³/mol. The lowest BCUT2D eigenvalue weighted by Crippen LogP contribution is -2.52. The van der Waals surface area contributed by atoms with Crippen LogP contribution in [0.5, 0.6) is 5.88 Å². The van der Waals surface area contributed by atoms with Crippen molar-refractivity contribution in [2.45, 2.75) is 13.3 Å². The molecule has 0 atom stereocenters. The monoisotopic (exact) mass is 280 g/mol. The Bertz CT molecular complexity index is 528. The number of rotatable bonds is 4. The maximum Gasteiger partial charge on any atom is 0.324 e. The number of carbonyl (C=O) groups is 2. The van der Waals surface area contributed by atoms with Crippen LogP contribution in [0.4, 0.5) is 10.7 Å². The van der Waals surface area contributed by atoms with Crippen LogP contribution in [0.3, 0.4) is 0 Å². The molecule has 1 saturated heterocycles.